The first-order valence-corrected chi connectivity index (χ1v) is 12.9. The third-order valence-corrected chi connectivity index (χ3v) is 6.90. The van der Waals surface area contributed by atoms with Crippen LogP contribution in [0.25, 0.3) is 6.08 Å². The number of likely N-dealkylation sites (tertiary alicyclic amines) is 2. The molecule has 1 unspecified atom stereocenters. The molecular weight excluding hydrogens is 516 g/mol. The Balaban J connectivity index is 0.000000402. The smallest absolute Gasteiger partial charge is 0.407 e. The SMILES string of the molecule is COCCOc1cc(C=C2CCN(C(=O)O)C(C(C)(C)C)C2)ccc1Br.O=C(O)N1CCCCC1. The van der Waals surface area contributed by atoms with E-state index in [9.17, 15) is 14.7 Å². The standard InChI is InChI=1S/C20H28BrNO4.C6H11NO2/c1-20(2,3)18-13-15(7-8-22(18)19(23)24)11-14-5-6-16(21)17(12-14)26-10-9-25-4;8-6(9)7-4-2-1-3-5-7/h5-6,11-12,18H,7-10,13H2,1-4H3,(H,23,24);1-5H2,(H,8,9). The Labute approximate surface area is 217 Å². The fourth-order valence-corrected chi connectivity index (χ4v) is 4.65. The van der Waals surface area contributed by atoms with Crippen molar-refractivity contribution in [3.63, 3.8) is 0 Å². The molecule has 3 rings (SSSR count). The highest BCUT2D eigenvalue weighted by molar-refractivity contribution is 9.10. The van der Waals surface area contributed by atoms with E-state index in [-0.39, 0.29) is 11.5 Å². The molecule has 2 heterocycles. The summed E-state index contributed by atoms with van der Waals surface area (Å²) in [5.41, 5.74) is 2.23. The quantitative estimate of drug-likeness (QED) is 0.420. The van der Waals surface area contributed by atoms with E-state index in [2.05, 4.69) is 42.8 Å². The molecule has 1 aromatic carbocycles. The average Bonchev–Trinajstić information content (AvgIpc) is 2.81. The number of ether oxygens (including phenoxy) is 2. The molecule has 9 heteroatoms. The van der Waals surface area contributed by atoms with E-state index in [0.29, 0.717) is 19.8 Å². The fraction of sp³-hybridized carbons (Fsp3) is 0.615. The van der Waals surface area contributed by atoms with E-state index in [1.54, 1.807) is 12.0 Å². The second-order valence-corrected chi connectivity index (χ2v) is 10.8. The Morgan fingerprint density at radius 2 is 1.77 bits per heavy atom. The Bertz CT molecular complexity index is 877. The molecule has 0 bridgehead atoms. The van der Waals surface area contributed by atoms with Crippen LogP contribution < -0.4 is 4.74 Å². The highest BCUT2D eigenvalue weighted by Crippen LogP contribution is 2.35. The molecule has 2 aliphatic heterocycles. The Kier molecular flexibility index (Phi) is 11.4. The number of carboxylic acid groups (broad SMARTS) is 2. The second kappa shape index (κ2) is 13.7. The van der Waals surface area contributed by atoms with Crippen molar-refractivity contribution in [3.8, 4) is 5.75 Å². The minimum absolute atomic E-state index is 0.0205. The number of rotatable bonds is 5. The van der Waals surface area contributed by atoms with Crippen molar-refractivity contribution < 1.29 is 29.3 Å². The van der Waals surface area contributed by atoms with Crippen LogP contribution in [0.4, 0.5) is 9.59 Å². The lowest BCUT2D eigenvalue weighted by Gasteiger charge is -2.42. The Morgan fingerprint density at radius 3 is 2.31 bits per heavy atom. The number of benzene rings is 1. The van der Waals surface area contributed by atoms with E-state index in [0.717, 1.165) is 54.6 Å². The molecule has 2 aliphatic rings. The first-order valence-electron chi connectivity index (χ1n) is 12.1. The van der Waals surface area contributed by atoms with Crippen molar-refractivity contribution in [3.05, 3.63) is 33.8 Å². The summed E-state index contributed by atoms with van der Waals surface area (Å²) in [4.78, 5) is 24.9. The summed E-state index contributed by atoms with van der Waals surface area (Å²) in [6.07, 6.45) is 5.33. The van der Waals surface area contributed by atoms with Crippen molar-refractivity contribution in [2.75, 3.05) is 40.0 Å². The first kappa shape index (κ1) is 29.0. The number of piperidine rings is 2. The van der Waals surface area contributed by atoms with Gasteiger partial charge >= 0.3 is 12.2 Å². The highest BCUT2D eigenvalue weighted by Gasteiger charge is 2.36. The molecular formula is C26H39BrN2O6. The van der Waals surface area contributed by atoms with Crippen molar-refractivity contribution in [1.82, 2.24) is 9.80 Å². The lowest BCUT2D eigenvalue weighted by Crippen LogP contribution is -2.50. The predicted molar refractivity (Wildman–Crippen MR) is 140 cm³/mol. The van der Waals surface area contributed by atoms with Crippen LogP contribution in [0, 0.1) is 5.41 Å². The summed E-state index contributed by atoms with van der Waals surface area (Å²) in [7, 11) is 1.65. The van der Waals surface area contributed by atoms with Crippen LogP contribution in [0.3, 0.4) is 0 Å². The monoisotopic (exact) mass is 554 g/mol. The summed E-state index contributed by atoms with van der Waals surface area (Å²) in [6, 6.07) is 5.99. The molecule has 0 aromatic heterocycles. The number of nitrogens with zero attached hydrogens (tertiary/aromatic N) is 2. The normalized spacial score (nSPS) is 19.7. The molecule has 2 fully saturated rings. The van der Waals surface area contributed by atoms with Crippen LogP contribution in [-0.4, -0.2) is 78.2 Å². The lowest BCUT2D eigenvalue weighted by molar-refractivity contribution is 0.0724. The highest BCUT2D eigenvalue weighted by atomic mass is 79.9. The van der Waals surface area contributed by atoms with Gasteiger partial charge in [-0.3, -0.25) is 0 Å². The molecule has 2 saturated heterocycles. The number of hydrogen-bond acceptors (Lipinski definition) is 4. The molecule has 0 spiro atoms. The van der Waals surface area contributed by atoms with Gasteiger partial charge in [0, 0.05) is 32.8 Å². The van der Waals surface area contributed by atoms with Crippen molar-refractivity contribution in [2.45, 2.75) is 58.9 Å². The summed E-state index contributed by atoms with van der Waals surface area (Å²) < 4.78 is 11.7. The molecule has 1 atom stereocenters. The van der Waals surface area contributed by atoms with E-state index in [1.807, 2.05) is 18.2 Å². The van der Waals surface area contributed by atoms with E-state index in [4.69, 9.17) is 14.6 Å². The molecule has 1 aromatic rings. The maximum atomic E-state index is 11.6. The van der Waals surface area contributed by atoms with Crippen LogP contribution in [-0.2, 0) is 4.74 Å². The van der Waals surface area contributed by atoms with Gasteiger partial charge in [0.2, 0.25) is 0 Å². The van der Waals surface area contributed by atoms with Gasteiger partial charge < -0.3 is 29.5 Å². The maximum absolute atomic E-state index is 11.6. The van der Waals surface area contributed by atoms with Crippen molar-refractivity contribution >= 4 is 34.2 Å². The molecule has 0 radical (unpaired) electrons. The van der Waals surface area contributed by atoms with Crippen LogP contribution >= 0.6 is 15.9 Å². The molecule has 0 aliphatic carbocycles. The molecule has 2 amide bonds. The Hall–Kier alpha value is -2.26. The zero-order valence-corrected chi connectivity index (χ0v) is 22.8. The van der Waals surface area contributed by atoms with Crippen molar-refractivity contribution in [2.24, 2.45) is 5.41 Å². The summed E-state index contributed by atoms with van der Waals surface area (Å²) in [5, 5.41) is 18.0. The minimum Gasteiger partial charge on any atom is -0.490 e. The molecule has 35 heavy (non-hydrogen) atoms. The lowest BCUT2D eigenvalue weighted by atomic mass is 9.79. The summed E-state index contributed by atoms with van der Waals surface area (Å²) in [5.74, 6) is 0.784. The Morgan fingerprint density at radius 1 is 1.09 bits per heavy atom. The van der Waals surface area contributed by atoms with Gasteiger partial charge in [-0.25, -0.2) is 9.59 Å². The topological polar surface area (TPSA) is 99.5 Å². The molecule has 2 N–H and O–H groups in total. The number of methoxy groups -OCH3 is 1. The van der Waals surface area contributed by atoms with Crippen LogP contribution in [0.2, 0.25) is 0 Å². The van der Waals surface area contributed by atoms with Gasteiger partial charge in [-0.2, -0.15) is 0 Å². The van der Waals surface area contributed by atoms with Gasteiger partial charge in [-0.1, -0.05) is 38.5 Å². The predicted octanol–water partition coefficient (Wildman–Crippen LogP) is 6.20. The number of halogens is 1. The van der Waals surface area contributed by atoms with Gasteiger partial charge in [-0.15, -0.1) is 0 Å². The first-order chi connectivity index (χ1) is 16.5. The van der Waals surface area contributed by atoms with E-state index < -0.39 is 12.2 Å². The molecule has 8 nitrogen and oxygen atoms in total. The van der Waals surface area contributed by atoms with E-state index >= 15 is 0 Å². The number of hydrogen-bond donors (Lipinski definition) is 2. The average molecular weight is 556 g/mol. The van der Waals surface area contributed by atoms with Gasteiger partial charge in [0.1, 0.15) is 12.4 Å². The van der Waals surface area contributed by atoms with Crippen molar-refractivity contribution in [1.29, 1.82) is 0 Å². The van der Waals surface area contributed by atoms with Gasteiger partial charge in [-0.05, 0) is 71.1 Å². The van der Waals surface area contributed by atoms with Crippen LogP contribution in [0.15, 0.2) is 28.2 Å². The number of amides is 2. The third kappa shape index (κ3) is 9.37. The largest absolute Gasteiger partial charge is 0.490 e. The maximum Gasteiger partial charge on any atom is 0.407 e. The zero-order chi connectivity index (χ0) is 26.0. The molecule has 196 valence electrons. The third-order valence-electron chi connectivity index (χ3n) is 6.25. The minimum atomic E-state index is -0.832. The second-order valence-electron chi connectivity index (χ2n) is 9.98. The van der Waals surface area contributed by atoms with Crippen LogP contribution in [0.1, 0.15) is 58.4 Å². The number of carbonyl (C=O) groups is 2. The van der Waals surface area contributed by atoms with Crippen LogP contribution in [0.5, 0.6) is 5.75 Å². The zero-order valence-electron chi connectivity index (χ0n) is 21.3. The van der Waals surface area contributed by atoms with Gasteiger partial charge in [0.25, 0.3) is 0 Å². The van der Waals surface area contributed by atoms with Gasteiger partial charge in [0.05, 0.1) is 11.1 Å². The fourth-order valence-electron chi connectivity index (χ4n) is 4.29. The molecule has 0 saturated carbocycles. The van der Waals surface area contributed by atoms with E-state index in [1.165, 1.54) is 16.9 Å². The summed E-state index contributed by atoms with van der Waals surface area (Å²) in [6.45, 7) is 9.32. The summed E-state index contributed by atoms with van der Waals surface area (Å²) >= 11 is 3.51. The van der Waals surface area contributed by atoms with Gasteiger partial charge in [0.15, 0.2) is 0 Å².